The summed E-state index contributed by atoms with van der Waals surface area (Å²) in [6.45, 7) is 0.170. The van der Waals surface area contributed by atoms with Crippen molar-refractivity contribution in [2.75, 3.05) is 0 Å². The van der Waals surface area contributed by atoms with Gasteiger partial charge in [-0.25, -0.2) is 0 Å². The molecular formula is C42H24BN3. The van der Waals surface area contributed by atoms with E-state index in [0.29, 0.717) is 0 Å². The monoisotopic (exact) mass is 581 g/mol. The molecule has 5 heterocycles. The van der Waals surface area contributed by atoms with Crippen molar-refractivity contribution in [3.05, 3.63) is 146 Å². The van der Waals surface area contributed by atoms with Crippen LogP contribution in [-0.2, 0) is 0 Å². The largest absolute Gasteiger partial charge is 0.310 e. The van der Waals surface area contributed by atoms with Crippen LogP contribution in [-0.4, -0.2) is 20.4 Å². The molecule has 2 aliphatic heterocycles. The quantitative estimate of drug-likeness (QED) is 0.174. The highest BCUT2D eigenvalue weighted by molar-refractivity contribution is 7.00. The van der Waals surface area contributed by atoms with Crippen LogP contribution < -0.4 is 16.4 Å². The summed E-state index contributed by atoms with van der Waals surface area (Å²) < 4.78 is 7.53. The molecule has 0 saturated carbocycles. The third kappa shape index (κ3) is 2.58. The highest BCUT2D eigenvalue weighted by atomic mass is 15.0. The minimum atomic E-state index is 0.170. The van der Waals surface area contributed by atoms with Crippen LogP contribution in [0.1, 0.15) is 0 Å². The van der Waals surface area contributed by atoms with Crippen LogP contribution in [0.25, 0.3) is 82.5 Å². The third-order valence-electron chi connectivity index (χ3n) is 10.8. The maximum Gasteiger partial charge on any atom is 0.252 e. The maximum atomic E-state index is 2.57. The maximum absolute atomic E-state index is 2.57. The summed E-state index contributed by atoms with van der Waals surface area (Å²) in [6, 6.07) is 54.2. The van der Waals surface area contributed by atoms with E-state index >= 15 is 0 Å². The summed E-state index contributed by atoms with van der Waals surface area (Å²) in [4.78, 5) is 0. The third-order valence-corrected chi connectivity index (χ3v) is 10.8. The first-order valence-electron chi connectivity index (χ1n) is 16.1. The highest BCUT2D eigenvalue weighted by Gasteiger charge is 2.40. The molecule has 10 aromatic rings. The zero-order valence-electron chi connectivity index (χ0n) is 24.8. The summed E-state index contributed by atoms with van der Waals surface area (Å²) in [5, 5.41) is 7.81. The van der Waals surface area contributed by atoms with Crippen LogP contribution in [0.5, 0.6) is 0 Å². The van der Waals surface area contributed by atoms with Gasteiger partial charge in [0.15, 0.2) is 0 Å². The van der Waals surface area contributed by atoms with Crippen LogP contribution in [0.3, 0.4) is 0 Å². The molecular weight excluding hydrogens is 557 g/mol. The van der Waals surface area contributed by atoms with E-state index in [0.717, 1.165) is 0 Å². The predicted molar refractivity (Wildman–Crippen MR) is 194 cm³/mol. The molecule has 0 spiro atoms. The van der Waals surface area contributed by atoms with E-state index in [-0.39, 0.29) is 6.71 Å². The van der Waals surface area contributed by atoms with Crippen LogP contribution in [0.4, 0.5) is 0 Å². The van der Waals surface area contributed by atoms with Gasteiger partial charge in [-0.1, -0.05) is 103 Å². The normalized spacial score (nSPS) is 13.2. The zero-order chi connectivity index (χ0) is 29.7. The minimum Gasteiger partial charge on any atom is -0.310 e. The first-order chi connectivity index (χ1) is 22.9. The number of benzene rings is 7. The van der Waals surface area contributed by atoms with Gasteiger partial charge in [-0.05, 0) is 58.9 Å². The molecule has 0 N–H and O–H groups in total. The molecule has 0 unspecified atom stereocenters. The van der Waals surface area contributed by atoms with E-state index in [1.54, 1.807) is 0 Å². The second-order valence-electron chi connectivity index (χ2n) is 12.9. The van der Waals surface area contributed by atoms with Crippen molar-refractivity contribution in [2.24, 2.45) is 0 Å². The Hall–Kier alpha value is -6.00. The van der Waals surface area contributed by atoms with Gasteiger partial charge in [0.2, 0.25) is 0 Å². The van der Waals surface area contributed by atoms with Gasteiger partial charge < -0.3 is 13.7 Å². The van der Waals surface area contributed by atoms with E-state index in [2.05, 4.69) is 159 Å². The fourth-order valence-electron chi connectivity index (χ4n) is 9.12. The Morgan fingerprint density at radius 1 is 0.348 bits per heavy atom. The fraction of sp³-hybridized carbons (Fsp3) is 0. The Balaban J connectivity index is 1.26. The van der Waals surface area contributed by atoms with Crippen molar-refractivity contribution >= 4 is 88.5 Å². The number of hydrogen-bond donors (Lipinski definition) is 0. The smallest absolute Gasteiger partial charge is 0.252 e. The Bertz CT molecular complexity index is 2940. The first kappa shape index (κ1) is 23.4. The Kier molecular flexibility index (Phi) is 4.06. The molecule has 3 aromatic heterocycles. The molecule has 0 radical (unpaired) electrons. The molecule has 0 aliphatic carbocycles. The molecule has 0 saturated heterocycles. The second-order valence-corrected chi connectivity index (χ2v) is 12.9. The molecule has 2 aliphatic rings. The number of nitrogens with zero attached hydrogens (tertiary/aromatic N) is 3. The molecule has 210 valence electrons. The topological polar surface area (TPSA) is 14.8 Å². The SMILES string of the molecule is c1ccc2c(c1)B1c3cccc4c5ccc(-n6c7ccccc7c7ccccc76)cc5n(c34)-c3ccc4c5ccccc5n-2c4c31. The summed E-state index contributed by atoms with van der Waals surface area (Å²) in [6.07, 6.45) is 0. The molecule has 12 rings (SSSR count). The lowest BCUT2D eigenvalue weighted by Gasteiger charge is -2.33. The van der Waals surface area contributed by atoms with Crippen molar-refractivity contribution in [3.63, 3.8) is 0 Å². The Labute approximate surface area is 264 Å². The lowest BCUT2D eigenvalue weighted by Crippen LogP contribution is -2.59. The molecule has 3 nitrogen and oxygen atoms in total. The molecule has 4 heteroatoms. The molecule has 46 heavy (non-hydrogen) atoms. The second kappa shape index (κ2) is 7.98. The van der Waals surface area contributed by atoms with E-state index in [4.69, 9.17) is 0 Å². The predicted octanol–water partition coefficient (Wildman–Crippen LogP) is 8.12. The fourth-order valence-corrected chi connectivity index (χ4v) is 9.12. The first-order valence-corrected chi connectivity index (χ1v) is 16.1. The van der Waals surface area contributed by atoms with Crippen LogP contribution in [0, 0.1) is 0 Å². The molecule has 0 amide bonds. The van der Waals surface area contributed by atoms with E-state index in [1.807, 2.05) is 0 Å². The van der Waals surface area contributed by atoms with E-state index in [1.165, 1.54) is 98.9 Å². The van der Waals surface area contributed by atoms with Crippen molar-refractivity contribution < 1.29 is 0 Å². The molecule has 7 aromatic carbocycles. The van der Waals surface area contributed by atoms with Crippen molar-refractivity contribution in [1.82, 2.24) is 13.7 Å². The van der Waals surface area contributed by atoms with Crippen molar-refractivity contribution in [3.8, 4) is 17.1 Å². The average Bonchev–Trinajstić information content (AvgIpc) is 3.76. The molecule has 0 atom stereocenters. The van der Waals surface area contributed by atoms with Crippen LogP contribution in [0.2, 0.25) is 0 Å². The van der Waals surface area contributed by atoms with Crippen molar-refractivity contribution in [2.45, 2.75) is 0 Å². The summed E-state index contributed by atoms with van der Waals surface area (Å²) in [5.41, 5.74) is 15.6. The zero-order valence-corrected chi connectivity index (χ0v) is 24.8. The number of hydrogen-bond acceptors (Lipinski definition) is 0. The summed E-state index contributed by atoms with van der Waals surface area (Å²) >= 11 is 0. The highest BCUT2D eigenvalue weighted by Crippen LogP contribution is 2.40. The van der Waals surface area contributed by atoms with Gasteiger partial charge in [0.1, 0.15) is 0 Å². The summed E-state index contributed by atoms with van der Waals surface area (Å²) in [7, 11) is 0. The lowest BCUT2D eigenvalue weighted by molar-refractivity contribution is 1.15. The standard InChI is InChI=1S/C42H24BN3/c1-5-16-34-26(10-1)27-11-2-6-17-35(27)44(34)25-20-21-29-30-13-9-15-33-41(30)46(39(29)24-25)38-23-22-31-28-12-3-7-18-36(28)45-37-19-8-4-14-32(37)43(33)40(38)42(31)45/h1-24H. The van der Waals surface area contributed by atoms with E-state index in [9.17, 15) is 0 Å². The van der Waals surface area contributed by atoms with Crippen molar-refractivity contribution in [1.29, 1.82) is 0 Å². The van der Waals surface area contributed by atoms with Gasteiger partial charge in [0.05, 0.1) is 27.6 Å². The Morgan fingerprint density at radius 3 is 1.67 bits per heavy atom. The van der Waals surface area contributed by atoms with Crippen LogP contribution in [0.15, 0.2) is 146 Å². The molecule has 0 fully saturated rings. The van der Waals surface area contributed by atoms with Gasteiger partial charge in [-0.2, -0.15) is 0 Å². The van der Waals surface area contributed by atoms with Gasteiger partial charge in [0, 0.05) is 54.9 Å². The number of rotatable bonds is 1. The summed E-state index contributed by atoms with van der Waals surface area (Å²) in [5.74, 6) is 0. The molecule has 0 bridgehead atoms. The lowest BCUT2D eigenvalue weighted by atomic mass is 9.34. The number of aromatic nitrogens is 3. The number of para-hydroxylation sites is 5. The van der Waals surface area contributed by atoms with Crippen LogP contribution >= 0.6 is 0 Å². The Morgan fingerprint density at radius 2 is 0.891 bits per heavy atom. The van der Waals surface area contributed by atoms with Gasteiger partial charge >= 0.3 is 0 Å². The van der Waals surface area contributed by atoms with Gasteiger partial charge in [0.25, 0.3) is 6.71 Å². The van der Waals surface area contributed by atoms with Gasteiger partial charge in [-0.3, -0.25) is 0 Å². The van der Waals surface area contributed by atoms with Gasteiger partial charge in [-0.15, -0.1) is 0 Å². The van der Waals surface area contributed by atoms with E-state index < -0.39 is 0 Å². The number of fused-ring (bicyclic) bond motifs is 14. The average molecular weight is 581 g/mol. The minimum absolute atomic E-state index is 0.170.